The van der Waals surface area contributed by atoms with Gasteiger partial charge in [0, 0.05) is 13.2 Å². The highest BCUT2D eigenvalue weighted by atomic mass is 16.5. The van der Waals surface area contributed by atoms with Crippen LogP contribution in [0.1, 0.15) is 54.4 Å². The van der Waals surface area contributed by atoms with Gasteiger partial charge in [0.1, 0.15) is 0 Å². The molecule has 3 heterocycles. The van der Waals surface area contributed by atoms with E-state index < -0.39 is 0 Å². The van der Waals surface area contributed by atoms with Gasteiger partial charge in [-0.25, -0.2) is 0 Å². The van der Waals surface area contributed by atoms with E-state index in [0.717, 1.165) is 69.2 Å². The molecule has 0 aromatic carbocycles. The number of hydrogen-bond acceptors (Lipinski definition) is 3. The Morgan fingerprint density at radius 1 is 0.519 bits per heavy atom. The fraction of sp³-hybridized carbons (Fsp3) is 1.00. The van der Waals surface area contributed by atoms with Crippen LogP contribution in [0.5, 0.6) is 0 Å². The zero-order chi connectivity index (χ0) is 19.6. The van der Waals surface area contributed by atoms with E-state index in [2.05, 4.69) is 41.5 Å². The molecule has 0 aliphatic carbocycles. The predicted octanol–water partition coefficient (Wildman–Crippen LogP) is 5.14. The summed E-state index contributed by atoms with van der Waals surface area (Å²) in [6, 6.07) is 0. The number of hydrogen-bond donors (Lipinski definition) is 0. The Labute approximate surface area is 167 Å². The maximum absolute atomic E-state index is 6.33. The first-order valence-corrected chi connectivity index (χ1v) is 11.6. The molecule has 0 radical (unpaired) electrons. The van der Waals surface area contributed by atoms with Crippen molar-refractivity contribution in [1.82, 2.24) is 0 Å². The molecule has 0 N–H and O–H groups in total. The van der Waals surface area contributed by atoms with Crippen LogP contribution in [0, 0.1) is 59.2 Å². The molecule has 0 aromatic heterocycles. The van der Waals surface area contributed by atoms with Crippen LogP contribution < -0.4 is 0 Å². The molecule has 3 rings (SSSR count). The molecule has 3 nitrogen and oxygen atoms in total. The zero-order valence-corrected chi connectivity index (χ0v) is 18.7. The summed E-state index contributed by atoms with van der Waals surface area (Å²) in [6.45, 7) is 20.1. The van der Waals surface area contributed by atoms with Crippen molar-refractivity contribution in [2.75, 3.05) is 39.6 Å². The van der Waals surface area contributed by atoms with Gasteiger partial charge in [-0.1, -0.05) is 41.5 Å². The summed E-state index contributed by atoms with van der Waals surface area (Å²) in [7, 11) is 0. The van der Waals surface area contributed by atoms with Gasteiger partial charge in [0.25, 0.3) is 0 Å². The van der Waals surface area contributed by atoms with E-state index >= 15 is 0 Å². The first-order chi connectivity index (χ1) is 12.9. The summed E-state index contributed by atoms with van der Waals surface area (Å²) in [6.07, 6.45) is 2.44. The molecule has 0 amide bonds. The second-order valence-corrected chi connectivity index (χ2v) is 10.6. The first-order valence-electron chi connectivity index (χ1n) is 11.6. The molecule has 6 unspecified atom stereocenters. The van der Waals surface area contributed by atoms with Crippen LogP contribution in [0.25, 0.3) is 0 Å². The van der Waals surface area contributed by atoms with Crippen LogP contribution in [0.3, 0.4) is 0 Å². The Bertz CT molecular complexity index is 411. The average Bonchev–Trinajstić information content (AvgIpc) is 2.67. The fourth-order valence-electron chi connectivity index (χ4n) is 6.78. The summed E-state index contributed by atoms with van der Waals surface area (Å²) >= 11 is 0. The lowest BCUT2D eigenvalue weighted by Crippen LogP contribution is -2.52. The Morgan fingerprint density at radius 3 is 1.30 bits per heavy atom. The van der Waals surface area contributed by atoms with Gasteiger partial charge in [-0.05, 0) is 72.0 Å². The minimum absolute atomic E-state index is 0.631. The Kier molecular flexibility index (Phi) is 7.66. The lowest BCUT2D eigenvalue weighted by molar-refractivity contribution is -0.149. The molecule has 0 aromatic rings. The number of rotatable bonds is 5. The molecular weight excluding hydrogens is 336 g/mol. The van der Waals surface area contributed by atoms with Crippen molar-refractivity contribution < 1.29 is 14.2 Å². The molecule has 6 atom stereocenters. The van der Waals surface area contributed by atoms with Crippen molar-refractivity contribution in [2.45, 2.75) is 54.4 Å². The monoisotopic (exact) mass is 380 g/mol. The first kappa shape index (κ1) is 21.6. The van der Waals surface area contributed by atoms with Gasteiger partial charge in [0.05, 0.1) is 26.4 Å². The maximum Gasteiger partial charge on any atom is 0.0500 e. The van der Waals surface area contributed by atoms with Crippen molar-refractivity contribution in [1.29, 1.82) is 0 Å². The van der Waals surface area contributed by atoms with Crippen molar-refractivity contribution in [3.63, 3.8) is 0 Å². The van der Waals surface area contributed by atoms with E-state index in [4.69, 9.17) is 14.2 Å². The van der Waals surface area contributed by atoms with Crippen LogP contribution in [0.15, 0.2) is 0 Å². The van der Waals surface area contributed by atoms with E-state index in [0.29, 0.717) is 29.6 Å². The molecule has 0 saturated carbocycles. The maximum atomic E-state index is 6.33. The average molecular weight is 381 g/mol. The summed E-state index contributed by atoms with van der Waals surface area (Å²) in [5, 5.41) is 0. The third-order valence-electron chi connectivity index (χ3n) is 8.10. The van der Waals surface area contributed by atoms with Crippen molar-refractivity contribution in [3.8, 4) is 0 Å². The molecule has 158 valence electrons. The SMILES string of the molecule is CC(C)C1CCOCC1C1COCC(C2COCCC2C(C)C)C1C(C)C. The van der Waals surface area contributed by atoms with Gasteiger partial charge in [-0.3, -0.25) is 0 Å². The second kappa shape index (κ2) is 9.59. The van der Waals surface area contributed by atoms with Gasteiger partial charge >= 0.3 is 0 Å². The third kappa shape index (κ3) is 4.73. The minimum Gasteiger partial charge on any atom is -0.381 e. The lowest BCUT2D eigenvalue weighted by atomic mass is 9.59. The van der Waals surface area contributed by atoms with Crippen molar-refractivity contribution in [2.24, 2.45) is 59.2 Å². The largest absolute Gasteiger partial charge is 0.381 e. The Morgan fingerprint density at radius 2 is 0.926 bits per heavy atom. The van der Waals surface area contributed by atoms with Gasteiger partial charge in [0.15, 0.2) is 0 Å². The normalized spacial score (nSPS) is 41.4. The van der Waals surface area contributed by atoms with E-state index in [1.54, 1.807) is 0 Å². The highest BCUT2D eigenvalue weighted by molar-refractivity contribution is 4.95. The van der Waals surface area contributed by atoms with Crippen LogP contribution in [0.2, 0.25) is 0 Å². The molecule has 3 heteroatoms. The van der Waals surface area contributed by atoms with E-state index in [1.165, 1.54) is 12.8 Å². The van der Waals surface area contributed by atoms with Gasteiger partial charge in [-0.15, -0.1) is 0 Å². The number of ether oxygens (including phenoxy) is 3. The molecule has 3 aliphatic heterocycles. The smallest absolute Gasteiger partial charge is 0.0500 e. The summed E-state index contributed by atoms with van der Waals surface area (Å²) in [4.78, 5) is 0. The highest BCUT2D eigenvalue weighted by Gasteiger charge is 2.48. The topological polar surface area (TPSA) is 27.7 Å². The van der Waals surface area contributed by atoms with Crippen molar-refractivity contribution >= 4 is 0 Å². The van der Waals surface area contributed by atoms with Crippen LogP contribution in [-0.4, -0.2) is 39.6 Å². The summed E-state index contributed by atoms with van der Waals surface area (Å²) in [5.41, 5.74) is 0. The Balaban J connectivity index is 1.85. The summed E-state index contributed by atoms with van der Waals surface area (Å²) < 4.78 is 18.3. The van der Waals surface area contributed by atoms with E-state index in [9.17, 15) is 0 Å². The van der Waals surface area contributed by atoms with E-state index in [1.807, 2.05) is 0 Å². The van der Waals surface area contributed by atoms with Gasteiger partial charge in [-0.2, -0.15) is 0 Å². The van der Waals surface area contributed by atoms with Crippen LogP contribution in [-0.2, 0) is 14.2 Å². The lowest BCUT2D eigenvalue weighted by Gasteiger charge is -2.52. The van der Waals surface area contributed by atoms with E-state index in [-0.39, 0.29) is 0 Å². The molecule has 0 bridgehead atoms. The molecule has 0 spiro atoms. The van der Waals surface area contributed by atoms with Crippen molar-refractivity contribution in [3.05, 3.63) is 0 Å². The molecule has 3 aliphatic rings. The standard InChI is InChI=1S/C24H44O3/c1-15(2)18-7-9-25-11-20(18)22-13-27-14-23(24(22)17(5)6)21-12-26-10-8-19(21)16(3)4/h15-24H,7-14H2,1-6H3. The molecule has 27 heavy (non-hydrogen) atoms. The summed E-state index contributed by atoms with van der Waals surface area (Å²) in [5.74, 6) is 6.98. The zero-order valence-electron chi connectivity index (χ0n) is 18.7. The van der Waals surface area contributed by atoms with Crippen LogP contribution >= 0.6 is 0 Å². The highest BCUT2D eigenvalue weighted by Crippen LogP contribution is 2.48. The minimum atomic E-state index is 0.631. The fourth-order valence-corrected chi connectivity index (χ4v) is 6.78. The molecule has 3 saturated heterocycles. The quantitative estimate of drug-likeness (QED) is 0.661. The second-order valence-electron chi connectivity index (χ2n) is 10.6. The third-order valence-corrected chi connectivity index (χ3v) is 8.10. The van der Waals surface area contributed by atoms with Gasteiger partial charge in [0.2, 0.25) is 0 Å². The Hall–Kier alpha value is -0.120. The molecular formula is C24H44O3. The predicted molar refractivity (Wildman–Crippen MR) is 111 cm³/mol. The van der Waals surface area contributed by atoms with Crippen LogP contribution in [0.4, 0.5) is 0 Å². The molecule has 3 fully saturated rings. The van der Waals surface area contributed by atoms with Gasteiger partial charge < -0.3 is 14.2 Å².